The molecule has 15 heavy (non-hydrogen) atoms. The lowest BCUT2D eigenvalue weighted by Gasteiger charge is -2.08. The first kappa shape index (κ1) is 12.2. The summed E-state index contributed by atoms with van der Waals surface area (Å²) in [6, 6.07) is 3.40. The maximum absolute atomic E-state index is 8.53. The summed E-state index contributed by atoms with van der Waals surface area (Å²) >= 11 is 10.6. The zero-order chi connectivity index (χ0) is 11.1. The normalized spacial score (nSPS) is 9.73. The summed E-state index contributed by atoms with van der Waals surface area (Å²) in [5, 5.41) is 12.1. The number of nitrogens with zero attached hydrogens (tertiary/aromatic N) is 1. The Bertz CT molecular complexity index is 318. The molecule has 0 aliphatic rings. The Hall–Kier alpha value is -0.910. The van der Waals surface area contributed by atoms with Crippen LogP contribution in [-0.2, 0) is 4.74 Å². The molecule has 0 bridgehead atoms. The van der Waals surface area contributed by atoms with Gasteiger partial charge < -0.3 is 15.2 Å². The standard InChI is InChI=1S/C9H11ClN2O2S/c10-7-2-3-8(11-6-7)12-9(15)14-5-1-4-13/h2-3,6,13H,1,4-5H2,(H,11,12,15). The number of rotatable bonds is 4. The molecule has 0 saturated heterocycles. The molecule has 0 spiro atoms. The van der Waals surface area contributed by atoms with Gasteiger partial charge in [0.25, 0.3) is 5.17 Å². The summed E-state index contributed by atoms with van der Waals surface area (Å²) in [5.41, 5.74) is 0. The molecule has 0 fully saturated rings. The van der Waals surface area contributed by atoms with Crippen molar-refractivity contribution < 1.29 is 9.84 Å². The minimum absolute atomic E-state index is 0.0851. The third-order valence-electron chi connectivity index (χ3n) is 1.49. The van der Waals surface area contributed by atoms with E-state index in [1.807, 2.05) is 0 Å². The van der Waals surface area contributed by atoms with Crippen molar-refractivity contribution >= 4 is 34.8 Å². The fraction of sp³-hybridized carbons (Fsp3) is 0.333. The van der Waals surface area contributed by atoms with Crippen LogP contribution in [-0.4, -0.2) is 28.5 Å². The van der Waals surface area contributed by atoms with Crippen molar-refractivity contribution in [2.24, 2.45) is 0 Å². The van der Waals surface area contributed by atoms with Crippen molar-refractivity contribution in [3.8, 4) is 0 Å². The van der Waals surface area contributed by atoms with Crippen LogP contribution >= 0.6 is 23.8 Å². The predicted octanol–water partition coefficient (Wildman–Crippen LogP) is 1.83. The van der Waals surface area contributed by atoms with E-state index in [1.54, 1.807) is 12.1 Å². The summed E-state index contributed by atoms with van der Waals surface area (Å²) in [6.07, 6.45) is 2.07. The van der Waals surface area contributed by atoms with Gasteiger partial charge in [0.2, 0.25) is 0 Å². The summed E-state index contributed by atoms with van der Waals surface area (Å²) < 4.78 is 5.10. The summed E-state index contributed by atoms with van der Waals surface area (Å²) in [4.78, 5) is 3.99. The Morgan fingerprint density at radius 1 is 1.60 bits per heavy atom. The number of nitrogens with one attached hydrogen (secondary N) is 1. The molecule has 0 aliphatic carbocycles. The molecule has 1 rings (SSSR count). The molecular weight excluding hydrogens is 236 g/mol. The number of anilines is 1. The highest BCUT2D eigenvalue weighted by Gasteiger charge is 1.99. The zero-order valence-electron chi connectivity index (χ0n) is 7.94. The van der Waals surface area contributed by atoms with Crippen LogP contribution < -0.4 is 5.32 Å². The number of aliphatic hydroxyl groups is 1. The van der Waals surface area contributed by atoms with Crippen LogP contribution in [0, 0.1) is 0 Å². The lowest BCUT2D eigenvalue weighted by atomic mass is 10.5. The van der Waals surface area contributed by atoms with Gasteiger partial charge in [0.15, 0.2) is 0 Å². The highest BCUT2D eigenvalue weighted by Crippen LogP contribution is 2.09. The van der Waals surface area contributed by atoms with Crippen LogP contribution in [0.3, 0.4) is 0 Å². The number of halogens is 1. The zero-order valence-corrected chi connectivity index (χ0v) is 9.51. The second-order valence-electron chi connectivity index (χ2n) is 2.70. The highest BCUT2D eigenvalue weighted by molar-refractivity contribution is 7.80. The number of thiocarbonyl (C=S) groups is 1. The van der Waals surface area contributed by atoms with E-state index in [0.717, 1.165) is 0 Å². The second kappa shape index (κ2) is 6.55. The second-order valence-corrected chi connectivity index (χ2v) is 3.51. The van der Waals surface area contributed by atoms with Crippen molar-refractivity contribution in [2.45, 2.75) is 6.42 Å². The number of pyridine rings is 1. The summed E-state index contributed by atoms with van der Waals surface area (Å²) in [6.45, 7) is 0.470. The molecule has 0 radical (unpaired) electrons. The Balaban J connectivity index is 2.34. The third-order valence-corrected chi connectivity index (χ3v) is 1.94. The van der Waals surface area contributed by atoms with E-state index < -0.39 is 0 Å². The monoisotopic (exact) mass is 246 g/mol. The van der Waals surface area contributed by atoms with Gasteiger partial charge in [-0.2, -0.15) is 0 Å². The highest BCUT2D eigenvalue weighted by atomic mass is 35.5. The minimum atomic E-state index is 0.0851. The van der Waals surface area contributed by atoms with E-state index in [-0.39, 0.29) is 11.8 Å². The number of ether oxygens (including phenoxy) is 1. The molecule has 0 aromatic carbocycles. The topological polar surface area (TPSA) is 54.4 Å². The molecule has 6 heteroatoms. The van der Waals surface area contributed by atoms with Crippen molar-refractivity contribution in [3.63, 3.8) is 0 Å². The number of aromatic nitrogens is 1. The van der Waals surface area contributed by atoms with Crippen LogP contribution in [0.5, 0.6) is 0 Å². The van der Waals surface area contributed by atoms with Crippen molar-refractivity contribution in [2.75, 3.05) is 18.5 Å². The summed E-state index contributed by atoms with van der Waals surface area (Å²) in [5.74, 6) is 0.577. The van der Waals surface area contributed by atoms with Crippen LogP contribution in [0.4, 0.5) is 5.82 Å². The first-order valence-electron chi connectivity index (χ1n) is 4.38. The molecule has 1 aromatic rings. The van der Waals surface area contributed by atoms with Crippen molar-refractivity contribution in [1.82, 2.24) is 4.98 Å². The van der Waals surface area contributed by atoms with Crippen LogP contribution in [0.25, 0.3) is 0 Å². The Labute approximate surface area is 98.2 Å². The first-order chi connectivity index (χ1) is 7.22. The lowest BCUT2D eigenvalue weighted by molar-refractivity contribution is 0.230. The first-order valence-corrected chi connectivity index (χ1v) is 5.17. The Kier molecular flexibility index (Phi) is 5.31. The van der Waals surface area contributed by atoms with Gasteiger partial charge in [-0.25, -0.2) is 4.98 Å². The molecule has 0 unspecified atom stereocenters. The van der Waals surface area contributed by atoms with Crippen LogP contribution in [0.1, 0.15) is 6.42 Å². The van der Waals surface area contributed by atoms with Gasteiger partial charge in [-0.05, 0) is 24.4 Å². The quantitative estimate of drug-likeness (QED) is 0.627. The number of aliphatic hydroxyl groups excluding tert-OH is 1. The van der Waals surface area contributed by atoms with Crippen LogP contribution in [0.2, 0.25) is 5.02 Å². The fourth-order valence-corrected chi connectivity index (χ4v) is 1.12. The minimum Gasteiger partial charge on any atom is -0.471 e. The van der Waals surface area contributed by atoms with E-state index >= 15 is 0 Å². The van der Waals surface area contributed by atoms with Gasteiger partial charge in [0, 0.05) is 19.2 Å². The number of hydrogen-bond acceptors (Lipinski definition) is 4. The Morgan fingerprint density at radius 3 is 3.00 bits per heavy atom. The molecule has 0 amide bonds. The predicted molar refractivity (Wildman–Crippen MR) is 63.1 cm³/mol. The van der Waals surface area contributed by atoms with Gasteiger partial charge in [0.1, 0.15) is 5.82 Å². The molecule has 0 atom stereocenters. The Morgan fingerprint density at radius 2 is 2.40 bits per heavy atom. The van der Waals surface area contributed by atoms with Crippen molar-refractivity contribution in [3.05, 3.63) is 23.4 Å². The maximum Gasteiger partial charge on any atom is 0.262 e. The molecule has 4 nitrogen and oxygen atoms in total. The van der Waals surface area contributed by atoms with Gasteiger partial charge in [-0.3, -0.25) is 0 Å². The molecule has 1 aromatic heterocycles. The molecule has 0 saturated carbocycles. The lowest BCUT2D eigenvalue weighted by Crippen LogP contribution is -2.15. The van der Waals surface area contributed by atoms with E-state index in [0.29, 0.717) is 23.9 Å². The average molecular weight is 247 g/mol. The van der Waals surface area contributed by atoms with Gasteiger partial charge in [0.05, 0.1) is 11.6 Å². The van der Waals surface area contributed by atoms with E-state index in [2.05, 4.69) is 10.3 Å². The van der Waals surface area contributed by atoms with E-state index in [9.17, 15) is 0 Å². The maximum atomic E-state index is 8.53. The fourth-order valence-electron chi connectivity index (χ4n) is 0.820. The van der Waals surface area contributed by atoms with Crippen LogP contribution in [0.15, 0.2) is 18.3 Å². The SMILES string of the molecule is OCCCOC(=S)Nc1ccc(Cl)cn1. The van der Waals surface area contributed by atoms with Gasteiger partial charge in [-0.1, -0.05) is 11.6 Å². The molecule has 1 heterocycles. The van der Waals surface area contributed by atoms with E-state index in [1.165, 1.54) is 6.20 Å². The molecular formula is C9H11ClN2O2S. The van der Waals surface area contributed by atoms with Gasteiger partial charge in [-0.15, -0.1) is 0 Å². The molecule has 82 valence electrons. The largest absolute Gasteiger partial charge is 0.471 e. The van der Waals surface area contributed by atoms with Crippen molar-refractivity contribution in [1.29, 1.82) is 0 Å². The van der Waals surface area contributed by atoms with E-state index in [4.69, 9.17) is 33.7 Å². The van der Waals surface area contributed by atoms with Gasteiger partial charge >= 0.3 is 0 Å². The average Bonchev–Trinajstić information content (AvgIpc) is 2.22. The smallest absolute Gasteiger partial charge is 0.262 e. The summed E-state index contributed by atoms with van der Waals surface area (Å²) in [7, 11) is 0. The number of hydrogen-bond donors (Lipinski definition) is 2. The third kappa shape index (κ3) is 4.92. The molecule has 0 aliphatic heterocycles. The molecule has 2 N–H and O–H groups in total.